The lowest BCUT2D eigenvalue weighted by Crippen LogP contribution is -2.25. The van der Waals surface area contributed by atoms with Gasteiger partial charge < -0.3 is 5.11 Å². The first kappa shape index (κ1) is 12.2. The Morgan fingerprint density at radius 1 is 1.29 bits per heavy atom. The molecule has 0 spiro atoms. The SMILES string of the molecule is Cc1ccc(NS(=O)(=O)C2CCCC2)c(O)c1. The number of nitrogens with one attached hydrogen (secondary N) is 1. The zero-order chi connectivity index (χ0) is 12.5. The molecule has 1 fully saturated rings. The first-order valence-corrected chi connectivity index (χ1v) is 7.35. The highest BCUT2D eigenvalue weighted by atomic mass is 32.2. The maximum absolute atomic E-state index is 12.0. The van der Waals surface area contributed by atoms with E-state index in [1.165, 1.54) is 0 Å². The van der Waals surface area contributed by atoms with E-state index in [0.717, 1.165) is 18.4 Å². The number of anilines is 1. The van der Waals surface area contributed by atoms with Crippen molar-refractivity contribution in [1.82, 2.24) is 0 Å². The van der Waals surface area contributed by atoms with E-state index in [-0.39, 0.29) is 16.7 Å². The van der Waals surface area contributed by atoms with E-state index >= 15 is 0 Å². The molecule has 1 saturated carbocycles. The van der Waals surface area contributed by atoms with Crippen LogP contribution in [0.2, 0.25) is 0 Å². The monoisotopic (exact) mass is 255 g/mol. The van der Waals surface area contributed by atoms with E-state index in [1.54, 1.807) is 18.2 Å². The predicted octanol–water partition coefficient (Wildman–Crippen LogP) is 2.38. The van der Waals surface area contributed by atoms with E-state index in [4.69, 9.17) is 0 Å². The van der Waals surface area contributed by atoms with Gasteiger partial charge in [0.15, 0.2) is 0 Å². The minimum atomic E-state index is -3.36. The molecular weight excluding hydrogens is 238 g/mol. The standard InChI is InChI=1S/C12H17NO3S/c1-9-6-7-11(12(14)8-9)13-17(15,16)10-4-2-3-5-10/h6-8,10,13-14H,2-5H2,1H3. The number of hydrogen-bond donors (Lipinski definition) is 2. The van der Waals surface area contributed by atoms with Crippen LogP contribution in [0.25, 0.3) is 0 Å². The Balaban J connectivity index is 2.19. The molecule has 5 heteroatoms. The molecule has 2 rings (SSSR count). The highest BCUT2D eigenvalue weighted by Gasteiger charge is 2.29. The third-order valence-electron chi connectivity index (χ3n) is 3.15. The van der Waals surface area contributed by atoms with Crippen molar-refractivity contribution in [2.45, 2.75) is 37.9 Å². The van der Waals surface area contributed by atoms with Gasteiger partial charge >= 0.3 is 0 Å². The van der Waals surface area contributed by atoms with Gasteiger partial charge in [-0.15, -0.1) is 0 Å². The maximum atomic E-state index is 12.0. The second-order valence-electron chi connectivity index (χ2n) is 4.57. The summed E-state index contributed by atoms with van der Waals surface area (Å²) in [5.41, 5.74) is 1.16. The van der Waals surface area contributed by atoms with Crippen LogP contribution in [0.15, 0.2) is 18.2 Å². The molecule has 0 aromatic heterocycles. The summed E-state index contributed by atoms with van der Waals surface area (Å²) in [6.45, 7) is 1.84. The Morgan fingerprint density at radius 2 is 1.94 bits per heavy atom. The van der Waals surface area contributed by atoms with E-state index in [0.29, 0.717) is 12.8 Å². The summed E-state index contributed by atoms with van der Waals surface area (Å²) >= 11 is 0. The second-order valence-corrected chi connectivity index (χ2v) is 6.53. The van der Waals surface area contributed by atoms with Crippen LogP contribution in [0, 0.1) is 6.92 Å². The quantitative estimate of drug-likeness (QED) is 0.815. The van der Waals surface area contributed by atoms with E-state index in [9.17, 15) is 13.5 Å². The average Bonchev–Trinajstić information content (AvgIpc) is 2.76. The molecule has 1 aliphatic rings. The first-order valence-electron chi connectivity index (χ1n) is 5.80. The summed E-state index contributed by atoms with van der Waals surface area (Å²) in [5, 5.41) is 9.35. The van der Waals surface area contributed by atoms with E-state index in [2.05, 4.69) is 4.72 Å². The second kappa shape index (κ2) is 4.56. The van der Waals surface area contributed by atoms with Gasteiger partial charge in [0.25, 0.3) is 0 Å². The third-order valence-corrected chi connectivity index (χ3v) is 5.00. The van der Waals surface area contributed by atoms with Gasteiger partial charge in [0, 0.05) is 0 Å². The van der Waals surface area contributed by atoms with Crippen LogP contribution >= 0.6 is 0 Å². The summed E-state index contributed by atoms with van der Waals surface area (Å²) in [6, 6.07) is 4.91. The molecule has 0 amide bonds. The predicted molar refractivity (Wildman–Crippen MR) is 67.6 cm³/mol. The lowest BCUT2D eigenvalue weighted by Gasteiger charge is -2.14. The topological polar surface area (TPSA) is 66.4 Å². The Morgan fingerprint density at radius 3 is 2.53 bits per heavy atom. The largest absolute Gasteiger partial charge is 0.506 e. The fourth-order valence-corrected chi connectivity index (χ4v) is 3.76. The number of hydrogen-bond acceptors (Lipinski definition) is 3. The van der Waals surface area contributed by atoms with Crippen molar-refractivity contribution < 1.29 is 13.5 Å². The molecular formula is C12H17NO3S. The van der Waals surface area contributed by atoms with Crippen LogP contribution in [0.4, 0.5) is 5.69 Å². The molecule has 0 heterocycles. The van der Waals surface area contributed by atoms with Crippen LogP contribution in [0.5, 0.6) is 5.75 Å². The fraction of sp³-hybridized carbons (Fsp3) is 0.500. The minimum absolute atomic E-state index is 0.0217. The molecule has 1 aliphatic carbocycles. The fourth-order valence-electron chi connectivity index (χ4n) is 2.16. The highest BCUT2D eigenvalue weighted by Crippen LogP contribution is 2.29. The minimum Gasteiger partial charge on any atom is -0.506 e. The van der Waals surface area contributed by atoms with Gasteiger partial charge in [0.1, 0.15) is 5.75 Å². The van der Waals surface area contributed by atoms with Gasteiger partial charge in [-0.2, -0.15) is 0 Å². The smallest absolute Gasteiger partial charge is 0.235 e. The van der Waals surface area contributed by atoms with Gasteiger partial charge in [0.05, 0.1) is 10.9 Å². The Labute approximate surface area is 102 Å². The summed E-state index contributed by atoms with van der Waals surface area (Å²) in [5.74, 6) is -0.0217. The normalized spacial score (nSPS) is 17.2. The molecule has 0 atom stereocenters. The molecule has 0 radical (unpaired) electrons. The molecule has 2 N–H and O–H groups in total. The Hall–Kier alpha value is -1.23. The molecule has 0 bridgehead atoms. The van der Waals surface area contributed by atoms with Crippen LogP contribution < -0.4 is 4.72 Å². The van der Waals surface area contributed by atoms with Crippen LogP contribution in [-0.2, 0) is 10.0 Å². The number of aromatic hydroxyl groups is 1. The highest BCUT2D eigenvalue weighted by molar-refractivity contribution is 7.93. The number of phenolic OH excluding ortho intramolecular Hbond substituents is 1. The van der Waals surface area contributed by atoms with Crippen molar-refractivity contribution in [2.75, 3.05) is 4.72 Å². The molecule has 17 heavy (non-hydrogen) atoms. The molecule has 0 aliphatic heterocycles. The lowest BCUT2D eigenvalue weighted by atomic mass is 10.2. The van der Waals surface area contributed by atoms with Crippen molar-refractivity contribution >= 4 is 15.7 Å². The molecule has 0 saturated heterocycles. The van der Waals surface area contributed by atoms with Crippen molar-refractivity contribution in [3.8, 4) is 5.75 Å². The van der Waals surface area contributed by atoms with Gasteiger partial charge in [0.2, 0.25) is 10.0 Å². The van der Waals surface area contributed by atoms with Crippen LogP contribution in [0.1, 0.15) is 31.2 Å². The van der Waals surface area contributed by atoms with E-state index in [1.807, 2.05) is 6.92 Å². The van der Waals surface area contributed by atoms with Gasteiger partial charge in [-0.05, 0) is 37.5 Å². The van der Waals surface area contributed by atoms with Crippen molar-refractivity contribution in [3.63, 3.8) is 0 Å². The molecule has 0 unspecified atom stereocenters. The summed E-state index contributed by atoms with van der Waals surface area (Å²) in [6.07, 6.45) is 3.35. The van der Waals surface area contributed by atoms with Crippen molar-refractivity contribution in [3.05, 3.63) is 23.8 Å². The molecule has 1 aromatic carbocycles. The molecule has 4 nitrogen and oxygen atoms in total. The molecule has 1 aromatic rings. The van der Waals surface area contributed by atoms with Gasteiger partial charge in [-0.3, -0.25) is 4.72 Å². The zero-order valence-electron chi connectivity index (χ0n) is 9.81. The van der Waals surface area contributed by atoms with Crippen LogP contribution in [0.3, 0.4) is 0 Å². The lowest BCUT2D eigenvalue weighted by molar-refractivity contribution is 0.477. The van der Waals surface area contributed by atoms with Gasteiger partial charge in [-0.1, -0.05) is 18.9 Å². The number of aryl methyl sites for hydroxylation is 1. The van der Waals surface area contributed by atoms with Crippen molar-refractivity contribution in [2.24, 2.45) is 0 Å². The summed E-state index contributed by atoms with van der Waals surface area (Å²) < 4.78 is 26.5. The van der Waals surface area contributed by atoms with Crippen molar-refractivity contribution in [1.29, 1.82) is 0 Å². The molecule has 94 valence electrons. The maximum Gasteiger partial charge on any atom is 0.235 e. The van der Waals surface area contributed by atoms with Gasteiger partial charge in [-0.25, -0.2) is 8.42 Å². The number of benzene rings is 1. The summed E-state index contributed by atoms with van der Waals surface area (Å²) in [4.78, 5) is 0. The Bertz CT molecular complexity index is 504. The number of phenols is 1. The number of sulfonamides is 1. The Kier molecular flexibility index (Phi) is 3.28. The first-order chi connectivity index (χ1) is 7.99. The summed E-state index contributed by atoms with van der Waals surface area (Å²) in [7, 11) is -3.36. The third kappa shape index (κ3) is 2.72. The van der Waals surface area contributed by atoms with E-state index < -0.39 is 10.0 Å². The average molecular weight is 255 g/mol. The van der Waals surface area contributed by atoms with Crippen LogP contribution in [-0.4, -0.2) is 18.8 Å². The number of rotatable bonds is 3. The zero-order valence-corrected chi connectivity index (χ0v) is 10.6.